The number of nitrogens with one attached hydrogen (secondary N) is 1. The molecule has 4 heteroatoms. The summed E-state index contributed by atoms with van der Waals surface area (Å²) in [6, 6.07) is 6.94. The van der Waals surface area contributed by atoms with E-state index in [9.17, 15) is 0 Å². The van der Waals surface area contributed by atoms with Gasteiger partial charge in [-0.25, -0.2) is 0 Å². The molecule has 1 saturated carbocycles. The summed E-state index contributed by atoms with van der Waals surface area (Å²) < 4.78 is 6.22. The molecular formula is C14H21BrN2O. The largest absolute Gasteiger partial charge is 0.496 e. The lowest BCUT2D eigenvalue weighted by Gasteiger charge is -2.29. The van der Waals surface area contributed by atoms with Crippen LogP contribution in [0.4, 0.5) is 0 Å². The molecular weight excluding hydrogens is 292 g/mol. The molecule has 2 atom stereocenters. The van der Waals surface area contributed by atoms with Crippen LogP contribution in [0.5, 0.6) is 5.75 Å². The normalized spacial score (nSPS) is 23.9. The summed E-state index contributed by atoms with van der Waals surface area (Å²) in [4.78, 5) is 0. The van der Waals surface area contributed by atoms with Gasteiger partial charge in [-0.3, -0.25) is 0 Å². The van der Waals surface area contributed by atoms with Gasteiger partial charge in [0.2, 0.25) is 0 Å². The van der Waals surface area contributed by atoms with Crippen LogP contribution >= 0.6 is 15.9 Å². The Bertz CT molecular complexity index is 397. The molecule has 0 radical (unpaired) electrons. The lowest BCUT2D eigenvalue weighted by molar-refractivity contribution is 0.326. The zero-order valence-corrected chi connectivity index (χ0v) is 12.4. The highest BCUT2D eigenvalue weighted by Crippen LogP contribution is 2.25. The highest BCUT2D eigenvalue weighted by molar-refractivity contribution is 9.10. The Morgan fingerprint density at radius 3 is 2.83 bits per heavy atom. The predicted molar refractivity (Wildman–Crippen MR) is 77.8 cm³/mol. The average Bonchev–Trinajstić information content (AvgIpc) is 2.38. The second-order valence-electron chi connectivity index (χ2n) is 4.90. The predicted octanol–water partition coefficient (Wildman–Crippen LogP) is 2.82. The fourth-order valence-corrected chi connectivity index (χ4v) is 3.07. The van der Waals surface area contributed by atoms with E-state index in [4.69, 9.17) is 10.5 Å². The van der Waals surface area contributed by atoms with Crippen LogP contribution < -0.4 is 15.8 Å². The monoisotopic (exact) mass is 312 g/mol. The highest BCUT2D eigenvalue weighted by atomic mass is 79.9. The van der Waals surface area contributed by atoms with E-state index < -0.39 is 0 Å². The molecule has 3 nitrogen and oxygen atoms in total. The molecule has 1 aliphatic rings. The molecule has 2 unspecified atom stereocenters. The smallest absolute Gasteiger partial charge is 0.133 e. The maximum atomic E-state index is 6.13. The first kappa shape index (κ1) is 13.8. The standard InChI is InChI=1S/C14H21BrN2O/c1-18-14-7-6-10(8-11(14)15)9-17-13-5-3-2-4-12(13)16/h6-8,12-13,17H,2-5,9,16H2,1H3. The number of ether oxygens (including phenoxy) is 1. The summed E-state index contributed by atoms with van der Waals surface area (Å²) in [5.41, 5.74) is 7.38. The number of benzene rings is 1. The third-order valence-electron chi connectivity index (χ3n) is 3.60. The van der Waals surface area contributed by atoms with E-state index in [1.807, 2.05) is 6.07 Å². The molecule has 100 valence electrons. The Kier molecular flexibility index (Phi) is 5.03. The molecule has 0 saturated heterocycles. The molecule has 3 N–H and O–H groups in total. The van der Waals surface area contributed by atoms with Crippen molar-refractivity contribution < 1.29 is 4.74 Å². The molecule has 1 aromatic carbocycles. The highest BCUT2D eigenvalue weighted by Gasteiger charge is 2.20. The van der Waals surface area contributed by atoms with Crippen molar-refractivity contribution in [1.82, 2.24) is 5.32 Å². The lowest BCUT2D eigenvalue weighted by atomic mass is 9.91. The summed E-state index contributed by atoms with van der Waals surface area (Å²) in [5.74, 6) is 0.869. The van der Waals surface area contributed by atoms with Crippen molar-refractivity contribution in [1.29, 1.82) is 0 Å². The van der Waals surface area contributed by atoms with Crippen LogP contribution in [-0.2, 0) is 6.54 Å². The first-order valence-electron chi connectivity index (χ1n) is 6.52. The fraction of sp³-hybridized carbons (Fsp3) is 0.571. The first-order chi connectivity index (χ1) is 8.70. The van der Waals surface area contributed by atoms with Crippen LogP contribution in [-0.4, -0.2) is 19.2 Å². The van der Waals surface area contributed by atoms with Crippen LogP contribution in [0.25, 0.3) is 0 Å². The van der Waals surface area contributed by atoms with Gasteiger partial charge in [-0.15, -0.1) is 0 Å². The molecule has 0 amide bonds. The minimum absolute atomic E-state index is 0.306. The third kappa shape index (κ3) is 3.46. The van der Waals surface area contributed by atoms with Crippen LogP contribution in [0.15, 0.2) is 22.7 Å². The molecule has 2 rings (SSSR count). The molecule has 1 aromatic rings. The topological polar surface area (TPSA) is 47.3 Å². The molecule has 0 bridgehead atoms. The van der Waals surface area contributed by atoms with E-state index in [2.05, 4.69) is 33.4 Å². The quantitative estimate of drug-likeness (QED) is 0.898. The Hall–Kier alpha value is -0.580. The van der Waals surface area contributed by atoms with E-state index in [1.165, 1.54) is 24.8 Å². The van der Waals surface area contributed by atoms with Gasteiger partial charge in [0, 0.05) is 18.6 Å². The Morgan fingerprint density at radius 1 is 1.39 bits per heavy atom. The molecule has 18 heavy (non-hydrogen) atoms. The number of rotatable bonds is 4. The van der Waals surface area contributed by atoms with Crippen molar-refractivity contribution in [2.45, 2.75) is 44.3 Å². The second kappa shape index (κ2) is 6.55. The van der Waals surface area contributed by atoms with Gasteiger partial charge in [0.05, 0.1) is 11.6 Å². The van der Waals surface area contributed by atoms with Crippen LogP contribution in [0.3, 0.4) is 0 Å². The summed E-state index contributed by atoms with van der Waals surface area (Å²) in [7, 11) is 1.68. The Morgan fingerprint density at radius 2 is 2.17 bits per heavy atom. The minimum atomic E-state index is 0.306. The molecule has 0 aromatic heterocycles. The zero-order valence-electron chi connectivity index (χ0n) is 10.8. The summed E-state index contributed by atoms with van der Waals surface area (Å²) >= 11 is 3.51. The SMILES string of the molecule is COc1ccc(CNC2CCCCC2N)cc1Br. The van der Waals surface area contributed by atoms with Gasteiger partial charge < -0.3 is 15.8 Å². The Labute approximate surface area is 117 Å². The number of hydrogen-bond donors (Lipinski definition) is 2. The van der Waals surface area contributed by atoms with Gasteiger partial charge in [0.15, 0.2) is 0 Å². The second-order valence-corrected chi connectivity index (χ2v) is 5.76. The van der Waals surface area contributed by atoms with Gasteiger partial charge in [-0.05, 0) is 46.5 Å². The van der Waals surface area contributed by atoms with Crippen molar-refractivity contribution in [3.05, 3.63) is 28.2 Å². The van der Waals surface area contributed by atoms with Crippen LogP contribution in [0.1, 0.15) is 31.2 Å². The summed E-state index contributed by atoms with van der Waals surface area (Å²) in [6.07, 6.45) is 4.90. The Balaban J connectivity index is 1.91. The summed E-state index contributed by atoms with van der Waals surface area (Å²) in [6.45, 7) is 0.862. The number of halogens is 1. The maximum Gasteiger partial charge on any atom is 0.133 e. The molecule has 1 fully saturated rings. The van der Waals surface area contributed by atoms with Gasteiger partial charge in [0.1, 0.15) is 5.75 Å². The average molecular weight is 313 g/mol. The zero-order chi connectivity index (χ0) is 13.0. The van der Waals surface area contributed by atoms with Crippen molar-refractivity contribution in [3.63, 3.8) is 0 Å². The molecule has 0 heterocycles. The van der Waals surface area contributed by atoms with E-state index in [1.54, 1.807) is 7.11 Å². The van der Waals surface area contributed by atoms with E-state index in [-0.39, 0.29) is 0 Å². The van der Waals surface area contributed by atoms with Crippen LogP contribution in [0.2, 0.25) is 0 Å². The van der Waals surface area contributed by atoms with Crippen molar-refractivity contribution in [2.75, 3.05) is 7.11 Å². The molecule has 0 spiro atoms. The number of hydrogen-bond acceptors (Lipinski definition) is 3. The van der Waals surface area contributed by atoms with Crippen LogP contribution in [0, 0.1) is 0 Å². The van der Waals surface area contributed by atoms with Crippen molar-refractivity contribution >= 4 is 15.9 Å². The van der Waals surface area contributed by atoms with Gasteiger partial charge in [-0.1, -0.05) is 18.9 Å². The minimum Gasteiger partial charge on any atom is -0.496 e. The van der Waals surface area contributed by atoms with Crippen molar-refractivity contribution in [2.24, 2.45) is 5.73 Å². The van der Waals surface area contributed by atoms with E-state index >= 15 is 0 Å². The fourth-order valence-electron chi connectivity index (χ4n) is 2.48. The van der Waals surface area contributed by atoms with E-state index in [0.717, 1.165) is 23.2 Å². The maximum absolute atomic E-state index is 6.13. The lowest BCUT2D eigenvalue weighted by Crippen LogP contribution is -2.46. The molecule has 0 aliphatic heterocycles. The summed E-state index contributed by atoms with van der Waals surface area (Å²) in [5, 5.41) is 3.57. The number of nitrogens with two attached hydrogens (primary N) is 1. The van der Waals surface area contributed by atoms with E-state index in [0.29, 0.717) is 12.1 Å². The molecule has 1 aliphatic carbocycles. The first-order valence-corrected chi connectivity index (χ1v) is 7.31. The van der Waals surface area contributed by atoms with Gasteiger partial charge in [0.25, 0.3) is 0 Å². The van der Waals surface area contributed by atoms with Gasteiger partial charge >= 0.3 is 0 Å². The third-order valence-corrected chi connectivity index (χ3v) is 4.22. The number of methoxy groups -OCH3 is 1. The van der Waals surface area contributed by atoms with Gasteiger partial charge in [-0.2, -0.15) is 0 Å². The van der Waals surface area contributed by atoms with Crippen molar-refractivity contribution in [3.8, 4) is 5.75 Å².